The molecule has 0 aromatic heterocycles. The van der Waals surface area contributed by atoms with Gasteiger partial charge in [-0.2, -0.15) is 13.2 Å². The van der Waals surface area contributed by atoms with Crippen LogP contribution in [0.15, 0.2) is 0 Å². The zero-order valence-electron chi connectivity index (χ0n) is 6.56. The predicted octanol–water partition coefficient (Wildman–Crippen LogP) is 1.42. The smallest absolute Gasteiger partial charge is 0.389 e. The minimum atomic E-state index is -4.29. The summed E-state index contributed by atoms with van der Waals surface area (Å²) in [6, 6.07) is 0. The van der Waals surface area contributed by atoms with E-state index in [0.717, 1.165) is 0 Å². The molecule has 13 heavy (non-hydrogen) atoms. The fourth-order valence-corrected chi connectivity index (χ4v) is 1.08. The zero-order chi connectivity index (χ0) is 10.1. The molecule has 0 N–H and O–H groups in total. The molecule has 0 saturated carbocycles. The van der Waals surface area contributed by atoms with Crippen molar-refractivity contribution in [2.45, 2.75) is 25.4 Å². The minimum absolute atomic E-state index is 0.227. The molecule has 1 saturated heterocycles. The summed E-state index contributed by atoms with van der Waals surface area (Å²) < 4.78 is 39.2. The third-order valence-corrected chi connectivity index (χ3v) is 1.74. The first-order valence-corrected chi connectivity index (χ1v) is 3.70. The topological polar surface area (TPSA) is 43.4 Å². The second kappa shape index (κ2) is 3.35. The van der Waals surface area contributed by atoms with Crippen LogP contribution in [0.4, 0.5) is 13.2 Å². The van der Waals surface area contributed by atoms with Crippen molar-refractivity contribution < 1.29 is 27.5 Å². The van der Waals surface area contributed by atoms with E-state index in [0.29, 0.717) is 0 Å². The summed E-state index contributed by atoms with van der Waals surface area (Å²) in [5, 5.41) is 0. The summed E-state index contributed by atoms with van der Waals surface area (Å²) >= 11 is 0. The fourth-order valence-electron chi connectivity index (χ4n) is 1.08. The highest BCUT2D eigenvalue weighted by Crippen LogP contribution is 2.28. The molecule has 1 unspecified atom stereocenters. The van der Waals surface area contributed by atoms with Crippen molar-refractivity contribution in [1.82, 2.24) is 0 Å². The van der Waals surface area contributed by atoms with Crippen LogP contribution in [0.1, 0.15) is 19.3 Å². The lowest BCUT2D eigenvalue weighted by Crippen LogP contribution is -2.14. The molecule has 1 heterocycles. The molecule has 0 bridgehead atoms. The van der Waals surface area contributed by atoms with Crippen LogP contribution in [-0.2, 0) is 14.3 Å². The Bertz CT molecular complexity index is 234. The average molecular weight is 196 g/mol. The molecule has 74 valence electrons. The molecule has 0 aromatic carbocycles. The van der Waals surface area contributed by atoms with Gasteiger partial charge < -0.3 is 4.74 Å². The van der Waals surface area contributed by atoms with Gasteiger partial charge in [-0.15, -0.1) is 0 Å². The van der Waals surface area contributed by atoms with E-state index >= 15 is 0 Å². The second-order valence-electron chi connectivity index (χ2n) is 2.85. The monoisotopic (exact) mass is 196 g/mol. The molecule has 0 spiro atoms. The molecular formula is C7H7F3O3. The number of cyclic esters (lactones) is 2. The molecule has 1 atom stereocenters. The first-order chi connectivity index (χ1) is 5.88. The first-order valence-electron chi connectivity index (χ1n) is 3.70. The number of rotatable bonds is 2. The summed E-state index contributed by atoms with van der Waals surface area (Å²) in [5.74, 6) is -2.49. The van der Waals surface area contributed by atoms with Crippen LogP contribution in [0, 0.1) is 5.92 Å². The lowest BCUT2D eigenvalue weighted by molar-refractivity contribution is -0.154. The van der Waals surface area contributed by atoms with Crippen molar-refractivity contribution in [3.8, 4) is 0 Å². The van der Waals surface area contributed by atoms with Gasteiger partial charge in [0.2, 0.25) is 0 Å². The van der Waals surface area contributed by atoms with Gasteiger partial charge in [0.25, 0.3) is 0 Å². The Labute approximate surface area is 71.9 Å². The SMILES string of the molecule is O=C1CC(CCC(F)(F)F)C(=O)O1. The van der Waals surface area contributed by atoms with Gasteiger partial charge in [-0.3, -0.25) is 9.59 Å². The molecule has 1 aliphatic rings. The Kier molecular flexibility index (Phi) is 2.58. The molecule has 1 aliphatic heterocycles. The van der Waals surface area contributed by atoms with Crippen molar-refractivity contribution in [2.75, 3.05) is 0 Å². The highest BCUT2D eigenvalue weighted by molar-refractivity contribution is 5.94. The van der Waals surface area contributed by atoms with Crippen LogP contribution >= 0.6 is 0 Å². The number of halogens is 3. The largest absolute Gasteiger partial charge is 0.393 e. The summed E-state index contributed by atoms with van der Waals surface area (Å²) in [7, 11) is 0. The molecule has 3 nitrogen and oxygen atoms in total. The van der Waals surface area contributed by atoms with Gasteiger partial charge in [0, 0.05) is 6.42 Å². The van der Waals surface area contributed by atoms with Crippen LogP contribution in [0.25, 0.3) is 0 Å². The van der Waals surface area contributed by atoms with E-state index in [2.05, 4.69) is 4.74 Å². The van der Waals surface area contributed by atoms with Crippen molar-refractivity contribution >= 4 is 11.9 Å². The normalized spacial score (nSPS) is 23.5. The van der Waals surface area contributed by atoms with E-state index in [1.165, 1.54) is 0 Å². The second-order valence-corrected chi connectivity index (χ2v) is 2.85. The number of ether oxygens (including phenoxy) is 1. The van der Waals surface area contributed by atoms with Crippen LogP contribution in [0.2, 0.25) is 0 Å². The Hall–Kier alpha value is -1.07. The number of carbonyl (C=O) groups excluding carboxylic acids is 2. The zero-order valence-corrected chi connectivity index (χ0v) is 6.56. The molecule has 0 aliphatic carbocycles. The maximum absolute atomic E-state index is 11.7. The summed E-state index contributed by atoms with van der Waals surface area (Å²) in [5.41, 5.74) is 0. The van der Waals surface area contributed by atoms with E-state index in [1.54, 1.807) is 0 Å². The van der Waals surface area contributed by atoms with E-state index in [9.17, 15) is 22.8 Å². The summed E-state index contributed by atoms with van der Waals surface area (Å²) in [4.78, 5) is 21.2. The Balaban J connectivity index is 2.38. The predicted molar refractivity (Wildman–Crippen MR) is 34.5 cm³/mol. The quantitative estimate of drug-likeness (QED) is 0.495. The Morgan fingerprint density at radius 2 is 2.00 bits per heavy atom. The lowest BCUT2D eigenvalue weighted by atomic mass is 10.0. The number of alkyl halides is 3. The van der Waals surface area contributed by atoms with Gasteiger partial charge in [-0.05, 0) is 6.42 Å². The Morgan fingerprint density at radius 3 is 2.38 bits per heavy atom. The fraction of sp³-hybridized carbons (Fsp3) is 0.714. The molecule has 1 rings (SSSR count). The highest BCUT2D eigenvalue weighted by atomic mass is 19.4. The van der Waals surface area contributed by atoms with Gasteiger partial charge in [-0.1, -0.05) is 0 Å². The molecule has 1 fully saturated rings. The highest BCUT2D eigenvalue weighted by Gasteiger charge is 2.37. The van der Waals surface area contributed by atoms with Crippen molar-refractivity contribution in [3.63, 3.8) is 0 Å². The van der Waals surface area contributed by atoms with E-state index in [1.807, 2.05) is 0 Å². The van der Waals surface area contributed by atoms with Crippen molar-refractivity contribution in [2.24, 2.45) is 5.92 Å². The van der Waals surface area contributed by atoms with Gasteiger partial charge in [-0.25, -0.2) is 0 Å². The van der Waals surface area contributed by atoms with Gasteiger partial charge in [0.15, 0.2) is 0 Å². The third kappa shape index (κ3) is 3.04. The van der Waals surface area contributed by atoms with E-state index < -0.39 is 30.5 Å². The van der Waals surface area contributed by atoms with E-state index in [4.69, 9.17) is 0 Å². The van der Waals surface area contributed by atoms with Gasteiger partial charge >= 0.3 is 18.1 Å². The first kappa shape index (κ1) is 10.0. The van der Waals surface area contributed by atoms with Gasteiger partial charge in [0.1, 0.15) is 0 Å². The molecule has 0 amide bonds. The van der Waals surface area contributed by atoms with Crippen LogP contribution in [0.5, 0.6) is 0 Å². The average Bonchev–Trinajstić information content (AvgIpc) is 2.24. The van der Waals surface area contributed by atoms with Crippen LogP contribution < -0.4 is 0 Å². The maximum atomic E-state index is 11.7. The lowest BCUT2D eigenvalue weighted by Gasteiger charge is -2.07. The number of carbonyl (C=O) groups is 2. The molecule has 6 heteroatoms. The third-order valence-electron chi connectivity index (χ3n) is 1.74. The van der Waals surface area contributed by atoms with E-state index in [-0.39, 0.29) is 12.8 Å². The standard InChI is InChI=1S/C7H7F3O3/c8-7(9,10)2-1-4-3-5(11)13-6(4)12/h4H,1-3H2. The number of hydrogen-bond acceptors (Lipinski definition) is 3. The number of esters is 2. The van der Waals surface area contributed by atoms with Crippen LogP contribution in [-0.4, -0.2) is 18.1 Å². The van der Waals surface area contributed by atoms with Gasteiger partial charge in [0.05, 0.1) is 12.3 Å². The van der Waals surface area contributed by atoms with Crippen LogP contribution in [0.3, 0.4) is 0 Å². The molecular weight excluding hydrogens is 189 g/mol. The van der Waals surface area contributed by atoms with Crippen molar-refractivity contribution in [1.29, 1.82) is 0 Å². The minimum Gasteiger partial charge on any atom is -0.393 e. The molecule has 0 radical (unpaired) electrons. The Morgan fingerprint density at radius 1 is 1.38 bits per heavy atom. The maximum Gasteiger partial charge on any atom is 0.389 e. The number of hydrogen-bond donors (Lipinski definition) is 0. The summed E-state index contributed by atoms with van der Waals surface area (Å²) in [6.07, 6.45) is -5.94. The summed E-state index contributed by atoms with van der Waals surface area (Å²) in [6.45, 7) is 0. The van der Waals surface area contributed by atoms with Crippen molar-refractivity contribution in [3.05, 3.63) is 0 Å². The molecule has 0 aromatic rings.